The molecule has 0 spiro atoms. The average molecular weight is 383 g/mol. The number of fused-ring (bicyclic) bond motifs is 1. The van der Waals surface area contributed by atoms with Crippen LogP contribution in [0, 0.1) is 6.92 Å². The third-order valence-electron chi connectivity index (χ3n) is 3.88. The number of carbonyl (C=O) groups excluding carboxylic acids is 1. The van der Waals surface area contributed by atoms with Crippen molar-refractivity contribution in [3.8, 4) is 17.2 Å². The number of hydrogen-bond donors (Lipinski definition) is 1. The maximum atomic E-state index is 12.2. The molecule has 0 unspecified atom stereocenters. The van der Waals surface area contributed by atoms with Crippen molar-refractivity contribution in [2.45, 2.75) is 12.1 Å². The van der Waals surface area contributed by atoms with Gasteiger partial charge in [0.1, 0.15) is 13.2 Å². The second-order valence-electron chi connectivity index (χ2n) is 5.90. The number of amides is 1. The molecular weight excluding hydrogens is 366 g/mol. The van der Waals surface area contributed by atoms with Crippen LogP contribution in [0.5, 0.6) is 11.5 Å². The minimum Gasteiger partial charge on any atom is -0.486 e. The Balaban J connectivity index is 1.43. The van der Waals surface area contributed by atoms with E-state index in [1.165, 1.54) is 11.8 Å². The molecule has 3 aromatic rings. The predicted molar refractivity (Wildman–Crippen MR) is 101 cm³/mol. The van der Waals surface area contributed by atoms with E-state index in [0.717, 1.165) is 16.9 Å². The molecule has 2 heterocycles. The fourth-order valence-corrected chi connectivity index (χ4v) is 3.25. The van der Waals surface area contributed by atoms with Gasteiger partial charge in [0, 0.05) is 11.8 Å². The van der Waals surface area contributed by atoms with Gasteiger partial charge in [0.15, 0.2) is 11.5 Å². The first-order valence-corrected chi connectivity index (χ1v) is 9.35. The van der Waals surface area contributed by atoms with Gasteiger partial charge in [0.25, 0.3) is 0 Å². The zero-order chi connectivity index (χ0) is 18.6. The number of carbonyl (C=O) groups is 1. The number of nitrogens with zero attached hydrogens (tertiary/aromatic N) is 4. The average Bonchev–Trinajstić information content (AvgIpc) is 3.16. The highest BCUT2D eigenvalue weighted by molar-refractivity contribution is 7.99. The minimum atomic E-state index is -0.124. The summed E-state index contributed by atoms with van der Waals surface area (Å²) in [6.45, 7) is 3.04. The Morgan fingerprint density at radius 2 is 1.93 bits per heavy atom. The molecule has 1 aliphatic rings. The normalized spacial score (nSPS) is 12.6. The maximum Gasteiger partial charge on any atom is 0.234 e. The number of rotatable bonds is 5. The Labute approximate surface area is 159 Å². The van der Waals surface area contributed by atoms with Gasteiger partial charge in [-0.2, -0.15) is 4.68 Å². The van der Waals surface area contributed by atoms with Crippen molar-refractivity contribution in [3.63, 3.8) is 0 Å². The van der Waals surface area contributed by atoms with Crippen molar-refractivity contribution >= 4 is 23.4 Å². The van der Waals surface area contributed by atoms with Gasteiger partial charge < -0.3 is 14.8 Å². The first kappa shape index (κ1) is 17.3. The summed E-state index contributed by atoms with van der Waals surface area (Å²) in [5.74, 6) is 1.42. The van der Waals surface area contributed by atoms with E-state index >= 15 is 0 Å². The predicted octanol–water partition coefficient (Wildman–Crippen LogP) is 2.47. The first-order chi connectivity index (χ1) is 13.2. The summed E-state index contributed by atoms with van der Waals surface area (Å²) in [7, 11) is 0. The van der Waals surface area contributed by atoms with Gasteiger partial charge >= 0.3 is 0 Å². The molecule has 1 amide bonds. The van der Waals surface area contributed by atoms with E-state index in [2.05, 4.69) is 20.8 Å². The van der Waals surface area contributed by atoms with Crippen molar-refractivity contribution in [1.82, 2.24) is 20.2 Å². The summed E-state index contributed by atoms with van der Waals surface area (Å²) in [6, 6.07) is 13.1. The zero-order valence-corrected chi connectivity index (χ0v) is 15.4. The van der Waals surface area contributed by atoms with Gasteiger partial charge in [-0.3, -0.25) is 4.79 Å². The number of thioether (sulfide) groups is 1. The highest BCUT2D eigenvalue weighted by Crippen LogP contribution is 2.32. The van der Waals surface area contributed by atoms with Crippen LogP contribution < -0.4 is 14.8 Å². The van der Waals surface area contributed by atoms with Crippen molar-refractivity contribution in [1.29, 1.82) is 0 Å². The van der Waals surface area contributed by atoms with Crippen molar-refractivity contribution in [2.24, 2.45) is 0 Å². The summed E-state index contributed by atoms with van der Waals surface area (Å²) in [5, 5.41) is 15.1. The van der Waals surface area contributed by atoms with Gasteiger partial charge in [-0.05, 0) is 41.6 Å². The van der Waals surface area contributed by atoms with E-state index in [1.807, 2.05) is 49.4 Å². The van der Waals surface area contributed by atoms with Crippen LogP contribution in [0.1, 0.15) is 5.56 Å². The van der Waals surface area contributed by atoms with Crippen LogP contribution in [0.3, 0.4) is 0 Å². The monoisotopic (exact) mass is 383 g/mol. The maximum absolute atomic E-state index is 12.2. The van der Waals surface area contributed by atoms with E-state index in [1.54, 1.807) is 4.68 Å². The summed E-state index contributed by atoms with van der Waals surface area (Å²) in [6.07, 6.45) is 0. The molecule has 138 valence electrons. The topological polar surface area (TPSA) is 91.2 Å². The number of aryl methyl sites for hydroxylation is 1. The van der Waals surface area contributed by atoms with Gasteiger partial charge in [-0.15, -0.1) is 5.10 Å². The third-order valence-corrected chi connectivity index (χ3v) is 4.80. The molecule has 0 radical (unpaired) electrons. The van der Waals surface area contributed by atoms with Crippen LogP contribution in [0.2, 0.25) is 0 Å². The van der Waals surface area contributed by atoms with Crippen molar-refractivity contribution in [3.05, 3.63) is 48.0 Å². The molecule has 1 aromatic heterocycles. The van der Waals surface area contributed by atoms with Gasteiger partial charge in [-0.25, -0.2) is 0 Å². The molecule has 0 bridgehead atoms. The zero-order valence-electron chi connectivity index (χ0n) is 14.6. The highest BCUT2D eigenvalue weighted by Gasteiger charge is 2.16. The fourth-order valence-electron chi connectivity index (χ4n) is 2.56. The Morgan fingerprint density at radius 1 is 1.15 bits per heavy atom. The molecule has 0 aliphatic carbocycles. The van der Waals surface area contributed by atoms with Gasteiger partial charge in [-0.1, -0.05) is 29.5 Å². The standard InChI is InChI=1S/C18H17N5O3S/c1-12-2-4-13(5-3-12)19-17(24)11-27-18-20-21-22-23(18)14-6-7-15-16(10-14)26-9-8-25-15/h2-7,10H,8-9,11H2,1H3,(H,19,24). The van der Waals surface area contributed by atoms with Crippen LogP contribution in [-0.2, 0) is 4.79 Å². The minimum absolute atomic E-state index is 0.124. The molecule has 0 fully saturated rings. The van der Waals surface area contributed by atoms with Crippen LogP contribution in [-0.4, -0.2) is 45.1 Å². The number of anilines is 1. The largest absolute Gasteiger partial charge is 0.486 e. The van der Waals surface area contributed by atoms with Gasteiger partial charge in [0.05, 0.1) is 11.4 Å². The van der Waals surface area contributed by atoms with E-state index < -0.39 is 0 Å². The van der Waals surface area contributed by atoms with Gasteiger partial charge in [0.2, 0.25) is 11.1 Å². The van der Waals surface area contributed by atoms with E-state index in [4.69, 9.17) is 9.47 Å². The molecule has 27 heavy (non-hydrogen) atoms. The van der Waals surface area contributed by atoms with E-state index in [-0.39, 0.29) is 11.7 Å². The Hall–Kier alpha value is -3.07. The second kappa shape index (κ2) is 7.67. The molecule has 1 aliphatic heterocycles. The molecule has 2 aromatic carbocycles. The molecule has 8 nitrogen and oxygen atoms in total. The third kappa shape index (κ3) is 4.03. The number of benzene rings is 2. The number of aromatic nitrogens is 4. The summed E-state index contributed by atoms with van der Waals surface area (Å²) >= 11 is 1.26. The number of ether oxygens (including phenoxy) is 2. The van der Waals surface area contributed by atoms with E-state index in [9.17, 15) is 4.79 Å². The summed E-state index contributed by atoms with van der Waals surface area (Å²) in [4.78, 5) is 12.2. The number of nitrogens with one attached hydrogen (secondary N) is 1. The Bertz CT molecular complexity index is 958. The smallest absolute Gasteiger partial charge is 0.234 e. The summed E-state index contributed by atoms with van der Waals surface area (Å²) < 4.78 is 12.7. The molecule has 1 N–H and O–H groups in total. The quantitative estimate of drug-likeness (QED) is 0.677. The van der Waals surface area contributed by atoms with E-state index in [0.29, 0.717) is 29.9 Å². The molecule has 0 saturated heterocycles. The van der Waals surface area contributed by atoms with Crippen molar-refractivity contribution < 1.29 is 14.3 Å². The van der Waals surface area contributed by atoms with Crippen molar-refractivity contribution in [2.75, 3.05) is 24.3 Å². The molecule has 0 saturated carbocycles. The molecule has 0 atom stereocenters. The lowest BCUT2D eigenvalue weighted by Crippen LogP contribution is -2.16. The van der Waals surface area contributed by atoms with Crippen LogP contribution in [0.25, 0.3) is 5.69 Å². The second-order valence-corrected chi connectivity index (χ2v) is 6.85. The molecule has 9 heteroatoms. The Morgan fingerprint density at radius 3 is 2.74 bits per heavy atom. The van der Waals surface area contributed by atoms with Crippen LogP contribution in [0.15, 0.2) is 47.6 Å². The lowest BCUT2D eigenvalue weighted by molar-refractivity contribution is -0.113. The number of tetrazole rings is 1. The molecule has 4 rings (SSSR count). The fraction of sp³-hybridized carbons (Fsp3) is 0.222. The lowest BCUT2D eigenvalue weighted by Gasteiger charge is -2.18. The first-order valence-electron chi connectivity index (χ1n) is 8.37. The number of hydrogen-bond acceptors (Lipinski definition) is 7. The SMILES string of the molecule is Cc1ccc(NC(=O)CSc2nnnn2-c2ccc3c(c2)OCCO3)cc1. The van der Waals surface area contributed by atoms with Crippen LogP contribution in [0.4, 0.5) is 5.69 Å². The molecular formula is C18H17N5O3S. The highest BCUT2D eigenvalue weighted by atomic mass is 32.2. The summed E-state index contributed by atoms with van der Waals surface area (Å²) in [5.41, 5.74) is 2.64. The lowest BCUT2D eigenvalue weighted by atomic mass is 10.2. The Kier molecular flexibility index (Phi) is 4.93. The van der Waals surface area contributed by atoms with Crippen LogP contribution >= 0.6 is 11.8 Å².